The minimum Gasteiger partial charge on any atom is -0.388 e. The average Bonchev–Trinajstić information content (AvgIpc) is 2.80. The van der Waals surface area contributed by atoms with Gasteiger partial charge in [0.05, 0.1) is 16.0 Å². The van der Waals surface area contributed by atoms with Crippen LogP contribution in [-0.2, 0) is 0 Å². The van der Waals surface area contributed by atoms with Crippen molar-refractivity contribution in [2.75, 3.05) is 0 Å². The van der Waals surface area contributed by atoms with E-state index in [2.05, 4.69) is 11.9 Å². The van der Waals surface area contributed by atoms with Crippen molar-refractivity contribution in [3.05, 3.63) is 16.1 Å². The summed E-state index contributed by atoms with van der Waals surface area (Å²) in [7, 11) is 0. The fourth-order valence-corrected chi connectivity index (χ4v) is 3.81. The summed E-state index contributed by atoms with van der Waals surface area (Å²) in [5, 5.41) is 10.8. The van der Waals surface area contributed by atoms with Crippen LogP contribution in [0.5, 0.6) is 0 Å². The maximum Gasteiger partial charge on any atom is 0.0959 e. The Morgan fingerprint density at radius 3 is 2.65 bits per heavy atom. The molecule has 1 saturated carbocycles. The van der Waals surface area contributed by atoms with Crippen molar-refractivity contribution >= 4 is 11.3 Å². The Hall–Kier alpha value is -0.410. The summed E-state index contributed by atoms with van der Waals surface area (Å²) in [4.78, 5) is 5.50. The predicted molar refractivity (Wildman–Crippen MR) is 72.4 cm³/mol. The van der Waals surface area contributed by atoms with Crippen molar-refractivity contribution in [2.24, 2.45) is 5.92 Å². The van der Waals surface area contributed by atoms with E-state index in [1.54, 1.807) is 11.3 Å². The van der Waals surface area contributed by atoms with Crippen molar-refractivity contribution in [2.45, 2.75) is 64.4 Å². The molecule has 0 radical (unpaired) electrons. The zero-order valence-corrected chi connectivity index (χ0v) is 11.7. The van der Waals surface area contributed by atoms with E-state index in [1.807, 2.05) is 13.1 Å². The third-order valence-electron chi connectivity index (χ3n) is 3.85. The van der Waals surface area contributed by atoms with Gasteiger partial charge in [-0.1, -0.05) is 19.8 Å². The summed E-state index contributed by atoms with van der Waals surface area (Å²) in [6.45, 7) is 4.09. The van der Waals surface area contributed by atoms with Crippen molar-refractivity contribution in [1.82, 2.24) is 4.98 Å². The minimum atomic E-state index is -0.363. The molecular formula is C14H23NOS. The molecule has 0 spiro atoms. The molecule has 1 aliphatic carbocycles. The lowest BCUT2D eigenvalue weighted by atomic mass is 9.80. The van der Waals surface area contributed by atoms with Gasteiger partial charge in [0.15, 0.2) is 0 Å². The molecule has 0 bridgehead atoms. The molecular weight excluding hydrogens is 230 g/mol. The topological polar surface area (TPSA) is 33.1 Å². The van der Waals surface area contributed by atoms with E-state index in [9.17, 15) is 5.11 Å². The number of aromatic nitrogens is 1. The molecule has 1 heterocycles. The van der Waals surface area contributed by atoms with Crippen LogP contribution in [0.2, 0.25) is 0 Å². The molecule has 1 fully saturated rings. The van der Waals surface area contributed by atoms with E-state index in [4.69, 9.17) is 0 Å². The third-order valence-corrected chi connectivity index (χ3v) is 5.18. The molecule has 0 aliphatic heterocycles. The highest BCUT2D eigenvalue weighted by Gasteiger charge is 2.24. The largest absolute Gasteiger partial charge is 0.388 e. The maximum atomic E-state index is 9.52. The first-order chi connectivity index (χ1) is 8.20. The Balaban J connectivity index is 1.91. The van der Waals surface area contributed by atoms with Crippen molar-refractivity contribution < 1.29 is 5.11 Å². The van der Waals surface area contributed by atoms with Crippen LogP contribution in [0.3, 0.4) is 0 Å². The van der Waals surface area contributed by atoms with Gasteiger partial charge in [-0.15, -0.1) is 11.3 Å². The summed E-state index contributed by atoms with van der Waals surface area (Å²) in [6.07, 6.45) is 9.50. The third kappa shape index (κ3) is 3.29. The fraction of sp³-hybridized carbons (Fsp3) is 0.786. The van der Waals surface area contributed by atoms with Gasteiger partial charge in [-0.05, 0) is 38.5 Å². The molecule has 1 aromatic heterocycles. The van der Waals surface area contributed by atoms with Crippen LogP contribution in [0.25, 0.3) is 0 Å². The molecule has 1 unspecified atom stereocenters. The van der Waals surface area contributed by atoms with E-state index in [0.29, 0.717) is 5.92 Å². The molecule has 2 rings (SSSR count). The number of nitrogens with zero attached hydrogens (tertiary/aromatic N) is 1. The first-order valence-electron chi connectivity index (χ1n) is 6.84. The van der Waals surface area contributed by atoms with Crippen LogP contribution in [0.4, 0.5) is 0 Å². The number of thiazole rings is 1. The van der Waals surface area contributed by atoms with E-state index in [-0.39, 0.29) is 6.10 Å². The second kappa shape index (κ2) is 5.96. The number of hydrogen-bond acceptors (Lipinski definition) is 3. The van der Waals surface area contributed by atoms with Crippen LogP contribution in [0.15, 0.2) is 6.20 Å². The average molecular weight is 253 g/mol. The van der Waals surface area contributed by atoms with E-state index >= 15 is 0 Å². The van der Waals surface area contributed by atoms with E-state index in [1.165, 1.54) is 43.5 Å². The Morgan fingerprint density at radius 1 is 1.41 bits per heavy atom. The summed E-state index contributed by atoms with van der Waals surface area (Å²) >= 11 is 1.70. The second-order valence-electron chi connectivity index (χ2n) is 5.28. The normalized spacial score (nSPS) is 27.0. The first kappa shape index (κ1) is 13.0. The minimum absolute atomic E-state index is 0.363. The predicted octanol–water partition coefficient (Wildman–Crippen LogP) is 4.27. The molecule has 96 valence electrons. The highest BCUT2D eigenvalue weighted by Crippen LogP contribution is 2.39. The molecule has 1 aliphatic rings. The Labute approximate surface area is 108 Å². The fourth-order valence-electron chi connectivity index (χ4n) is 2.79. The van der Waals surface area contributed by atoms with Gasteiger partial charge in [0.25, 0.3) is 0 Å². The second-order valence-corrected chi connectivity index (χ2v) is 6.38. The zero-order valence-electron chi connectivity index (χ0n) is 10.9. The Bertz CT molecular complexity index is 340. The summed E-state index contributed by atoms with van der Waals surface area (Å²) in [5.41, 5.74) is 0. The maximum absolute atomic E-state index is 9.52. The lowest BCUT2D eigenvalue weighted by Gasteiger charge is -2.26. The smallest absolute Gasteiger partial charge is 0.0959 e. The molecule has 17 heavy (non-hydrogen) atoms. The summed E-state index contributed by atoms with van der Waals surface area (Å²) < 4.78 is 0. The number of aliphatic hydroxyl groups excluding tert-OH is 1. The summed E-state index contributed by atoms with van der Waals surface area (Å²) in [5.74, 6) is 1.60. The van der Waals surface area contributed by atoms with Gasteiger partial charge in [0, 0.05) is 12.1 Å². The highest BCUT2D eigenvalue weighted by molar-refractivity contribution is 7.11. The SMILES string of the molecule is CCCC1CCC(c2ncc(C(C)O)s2)CC1. The standard InChI is InChI=1S/C14H23NOS/c1-3-4-11-5-7-12(8-6-11)14-15-9-13(17-14)10(2)16/h9-12,16H,3-8H2,1-2H3. The van der Waals surface area contributed by atoms with Crippen LogP contribution in [-0.4, -0.2) is 10.1 Å². The van der Waals surface area contributed by atoms with E-state index < -0.39 is 0 Å². The summed E-state index contributed by atoms with van der Waals surface area (Å²) in [6, 6.07) is 0. The van der Waals surface area contributed by atoms with Gasteiger partial charge in [-0.25, -0.2) is 4.98 Å². The lowest BCUT2D eigenvalue weighted by molar-refractivity contribution is 0.203. The van der Waals surface area contributed by atoms with Crippen molar-refractivity contribution in [3.63, 3.8) is 0 Å². The number of aliphatic hydroxyl groups is 1. The quantitative estimate of drug-likeness (QED) is 0.869. The Morgan fingerprint density at radius 2 is 2.12 bits per heavy atom. The molecule has 1 aromatic rings. The molecule has 0 amide bonds. The van der Waals surface area contributed by atoms with Crippen molar-refractivity contribution in [1.29, 1.82) is 0 Å². The highest BCUT2D eigenvalue weighted by atomic mass is 32.1. The van der Waals surface area contributed by atoms with Gasteiger partial charge in [0.2, 0.25) is 0 Å². The van der Waals surface area contributed by atoms with Crippen LogP contribution in [0, 0.1) is 5.92 Å². The van der Waals surface area contributed by atoms with Gasteiger partial charge in [-0.3, -0.25) is 0 Å². The van der Waals surface area contributed by atoms with Gasteiger partial charge in [-0.2, -0.15) is 0 Å². The number of hydrogen-bond donors (Lipinski definition) is 1. The van der Waals surface area contributed by atoms with Gasteiger partial charge >= 0.3 is 0 Å². The van der Waals surface area contributed by atoms with Gasteiger partial charge < -0.3 is 5.11 Å². The van der Waals surface area contributed by atoms with Crippen molar-refractivity contribution in [3.8, 4) is 0 Å². The Kier molecular flexibility index (Phi) is 4.57. The van der Waals surface area contributed by atoms with Gasteiger partial charge in [0.1, 0.15) is 0 Å². The molecule has 3 heteroatoms. The molecule has 1 atom stereocenters. The van der Waals surface area contributed by atoms with Crippen LogP contribution >= 0.6 is 11.3 Å². The molecule has 1 N–H and O–H groups in total. The molecule has 0 saturated heterocycles. The van der Waals surface area contributed by atoms with E-state index in [0.717, 1.165) is 10.8 Å². The van der Waals surface area contributed by atoms with Crippen LogP contribution < -0.4 is 0 Å². The first-order valence-corrected chi connectivity index (χ1v) is 7.66. The molecule has 0 aromatic carbocycles. The van der Waals surface area contributed by atoms with Crippen LogP contribution in [0.1, 0.15) is 74.3 Å². The monoisotopic (exact) mass is 253 g/mol. The lowest BCUT2D eigenvalue weighted by Crippen LogP contribution is -2.12. The number of rotatable bonds is 4. The molecule has 2 nitrogen and oxygen atoms in total. The zero-order chi connectivity index (χ0) is 12.3.